The number of hydrogen-bond donors (Lipinski definition) is 0. The highest BCUT2D eigenvalue weighted by atomic mass is 32.2. The Labute approximate surface area is 118 Å². The molecule has 2 fully saturated rings. The van der Waals surface area contributed by atoms with Crippen molar-refractivity contribution in [1.29, 1.82) is 0 Å². The van der Waals surface area contributed by atoms with Gasteiger partial charge in [-0.3, -0.25) is 4.79 Å². The van der Waals surface area contributed by atoms with E-state index in [2.05, 4.69) is 24.3 Å². The van der Waals surface area contributed by atoms with Crippen LogP contribution < -0.4 is 0 Å². The van der Waals surface area contributed by atoms with Crippen LogP contribution >= 0.6 is 11.8 Å². The third-order valence-electron chi connectivity index (χ3n) is 3.75. The predicted molar refractivity (Wildman–Crippen MR) is 77.2 cm³/mol. The topological polar surface area (TPSA) is 29.5 Å². The molecule has 0 spiro atoms. The number of carbonyl (C=O) groups excluding carboxylic acids is 1. The molecule has 0 N–H and O–H groups in total. The van der Waals surface area contributed by atoms with Crippen LogP contribution in [0.2, 0.25) is 0 Å². The van der Waals surface area contributed by atoms with Crippen molar-refractivity contribution in [3.8, 4) is 0 Å². The summed E-state index contributed by atoms with van der Waals surface area (Å²) in [6.07, 6.45) is 1.72. The minimum Gasteiger partial charge on any atom is -0.368 e. The van der Waals surface area contributed by atoms with Gasteiger partial charge in [0.25, 0.3) is 5.91 Å². The van der Waals surface area contributed by atoms with Gasteiger partial charge in [0.15, 0.2) is 0 Å². The Morgan fingerprint density at radius 2 is 2.16 bits per heavy atom. The summed E-state index contributed by atoms with van der Waals surface area (Å²) in [7, 11) is 0. The molecule has 0 saturated carbocycles. The summed E-state index contributed by atoms with van der Waals surface area (Å²) in [5.74, 6) is 1.21. The van der Waals surface area contributed by atoms with Crippen LogP contribution in [0.5, 0.6) is 0 Å². The van der Waals surface area contributed by atoms with Gasteiger partial charge in [-0.2, -0.15) is 11.8 Å². The highest BCUT2D eigenvalue weighted by Crippen LogP contribution is 2.33. The third-order valence-corrected chi connectivity index (χ3v) is 5.00. The van der Waals surface area contributed by atoms with Crippen LogP contribution in [0.1, 0.15) is 23.7 Å². The van der Waals surface area contributed by atoms with E-state index in [1.165, 1.54) is 5.56 Å². The highest BCUT2D eigenvalue weighted by molar-refractivity contribution is 7.99. The molecular weight excluding hydrogens is 258 g/mol. The van der Waals surface area contributed by atoms with E-state index in [-0.39, 0.29) is 12.0 Å². The summed E-state index contributed by atoms with van der Waals surface area (Å²) in [5, 5.41) is 0.403. The van der Waals surface area contributed by atoms with Gasteiger partial charge < -0.3 is 9.64 Å². The SMILES string of the molecule is O=C(C1CCCO1)N1CCSC(c2ccccc2)C1. The number of carbonyl (C=O) groups is 1. The summed E-state index contributed by atoms with van der Waals surface area (Å²) in [6, 6.07) is 10.5. The molecule has 1 aromatic carbocycles. The second-order valence-electron chi connectivity index (χ2n) is 5.06. The van der Waals surface area contributed by atoms with Crippen LogP contribution in [0.3, 0.4) is 0 Å². The van der Waals surface area contributed by atoms with Gasteiger partial charge >= 0.3 is 0 Å². The normalized spacial score (nSPS) is 27.5. The minimum atomic E-state index is -0.181. The molecule has 3 rings (SSSR count). The Morgan fingerprint density at radius 3 is 2.89 bits per heavy atom. The molecule has 2 atom stereocenters. The monoisotopic (exact) mass is 277 g/mol. The fraction of sp³-hybridized carbons (Fsp3) is 0.533. The molecule has 3 nitrogen and oxygen atoms in total. The van der Waals surface area contributed by atoms with E-state index < -0.39 is 0 Å². The number of ether oxygens (including phenoxy) is 1. The second kappa shape index (κ2) is 5.97. The van der Waals surface area contributed by atoms with Crippen LogP contribution in [0.4, 0.5) is 0 Å². The molecule has 1 amide bonds. The highest BCUT2D eigenvalue weighted by Gasteiger charge is 2.31. The molecular formula is C15H19NO2S. The van der Waals surface area contributed by atoms with E-state index in [4.69, 9.17) is 4.74 Å². The zero-order chi connectivity index (χ0) is 13.1. The van der Waals surface area contributed by atoms with Gasteiger partial charge in [-0.25, -0.2) is 0 Å². The smallest absolute Gasteiger partial charge is 0.251 e. The van der Waals surface area contributed by atoms with Crippen molar-refractivity contribution in [3.05, 3.63) is 35.9 Å². The summed E-state index contributed by atoms with van der Waals surface area (Å²) < 4.78 is 5.51. The number of thioether (sulfide) groups is 1. The fourth-order valence-corrected chi connectivity index (χ4v) is 3.94. The number of benzene rings is 1. The van der Waals surface area contributed by atoms with Crippen LogP contribution in [0.25, 0.3) is 0 Å². The molecule has 1 aromatic rings. The Morgan fingerprint density at radius 1 is 1.32 bits per heavy atom. The number of amides is 1. The van der Waals surface area contributed by atoms with Gasteiger partial charge in [-0.05, 0) is 18.4 Å². The van der Waals surface area contributed by atoms with Gasteiger partial charge in [0.2, 0.25) is 0 Å². The standard InChI is InChI=1S/C15H19NO2S/c17-15(13-7-4-9-18-13)16-8-10-19-14(11-16)12-5-2-1-3-6-12/h1-3,5-6,13-14H,4,7-11H2. The lowest BCUT2D eigenvalue weighted by molar-refractivity contribution is -0.140. The summed E-state index contributed by atoms with van der Waals surface area (Å²) in [4.78, 5) is 14.4. The largest absolute Gasteiger partial charge is 0.368 e. The maximum absolute atomic E-state index is 12.4. The first kappa shape index (κ1) is 13.0. The predicted octanol–water partition coefficient (Wildman–Crippen LogP) is 2.48. The lowest BCUT2D eigenvalue weighted by Crippen LogP contribution is -2.44. The van der Waals surface area contributed by atoms with E-state index in [1.54, 1.807) is 0 Å². The molecule has 2 saturated heterocycles. The van der Waals surface area contributed by atoms with Gasteiger partial charge in [-0.1, -0.05) is 30.3 Å². The van der Waals surface area contributed by atoms with Crippen molar-refractivity contribution >= 4 is 17.7 Å². The zero-order valence-corrected chi connectivity index (χ0v) is 11.8. The van der Waals surface area contributed by atoms with Crippen LogP contribution in [-0.4, -0.2) is 42.4 Å². The maximum Gasteiger partial charge on any atom is 0.251 e. The Balaban J connectivity index is 1.66. The van der Waals surface area contributed by atoms with Crippen LogP contribution in [0, 0.1) is 0 Å². The summed E-state index contributed by atoms with van der Waals surface area (Å²) >= 11 is 1.95. The second-order valence-corrected chi connectivity index (χ2v) is 6.37. The van der Waals surface area contributed by atoms with Gasteiger partial charge in [0.05, 0.1) is 0 Å². The molecule has 0 aliphatic carbocycles. The molecule has 4 heteroatoms. The molecule has 19 heavy (non-hydrogen) atoms. The van der Waals surface area contributed by atoms with E-state index in [0.29, 0.717) is 5.25 Å². The van der Waals surface area contributed by atoms with Gasteiger partial charge in [-0.15, -0.1) is 0 Å². The van der Waals surface area contributed by atoms with Gasteiger partial charge in [0, 0.05) is 30.7 Å². The lowest BCUT2D eigenvalue weighted by atomic mass is 10.1. The first-order chi connectivity index (χ1) is 9.34. The fourth-order valence-electron chi connectivity index (χ4n) is 2.69. The van der Waals surface area contributed by atoms with Crippen molar-refractivity contribution < 1.29 is 9.53 Å². The molecule has 2 heterocycles. The van der Waals surface area contributed by atoms with Crippen LogP contribution in [-0.2, 0) is 9.53 Å². The van der Waals surface area contributed by atoms with Crippen molar-refractivity contribution in [1.82, 2.24) is 4.90 Å². The molecule has 0 bridgehead atoms. The molecule has 2 aliphatic rings. The average molecular weight is 277 g/mol. The quantitative estimate of drug-likeness (QED) is 0.832. The van der Waals surface area contributed by atoms with Crippen molar-refractivity contribution in [2.75, 3.05) is 25.4 Å². The minimum absolute atomic E-state index is 0.181. The Kier molecular flexibility index (Phi) is 4.09. The first-order valence-electron chi connectivity index (χ1n) is 6.91. The van der Waals surface area contributed by atoms with E-state index >= 15 is 0 Å². The van der Waals surface area contributed by atoms with Gasteiger partial charge in [0.1, 0.15) is 6.10 Å². The van der Waals surface area contributed by atoms with Crippen molar-refractivity contribution in [2.24, 2.45) is 0 Å². The van der Waals surface area contributed by atoms with E-state index in [9.17, 15) is 4.79 Å². The molecule has 102 valence electrons. The van der Waals surface area contributed by atoms with Crippen molar-refractivity contribution in [2.45, 2.75) is 24.2 Å². The number of rotatable bonds is 2. The molecule has 2 aliphatic heterocycles. The lowest BCUT2D eigenvalue weighted by Gasteiger charge is -2.34. The number of hydrogen-bond acceptors (Lipinski definition) is 3. The van der Waals surface area contributed by atoms with E-state index in [1.807, 2.05) is 22.7 Å². The molecule has 2 unspecified atom stereocenters. The summed E-state index contributed by atoms with van der Waals surface area (Å²) in [5.41, 5.74) is 1.32. The third kappa shape index (κ3) is 2.95. The average Bonchev–Trinajstić information content (AvgIpc) is 3.02. The zero-order valence-electron chi connectivity index (χ0n) is 11.0. The summed E-state index contributed by atoms with van der Waals surface area (Å²) in [6.45, 7) is 2.40. The maximum atomic E-state index is 12.4. The molecule has 0 radical (unpaired) electrons. The Bertz CT molecular complexity index is 431. The van der Waals surface area contributed by atoms with Crippen molar-refractivity contribution in [3.63, 3.8) is 0 Å². The number of nitrogens with zero attached hydrogens (tertiary/aromatic N) is 1. The Hall–Kier alpha value is -1.00. The van der Waals surface area contributed by atoms with Crippen LogP contribution in [0.15, 0.2) is 30.3 Å². The van der Waals surface area contributed by atoms with E-state index in [0.717, 1.165) is 38.3 Å². The first-order valence-corrected chi connectivity index (χ1v) is 7.96. The molecule has 0 aromatic heterocycles.